The van der Waals surface area contributed by atoms with E-state index in [1.165, 1.54) is 11.1 Å². The van der Waals surface area contributed by atoms with Gasteiger partial charge in [-0.05, 0) is 80.4 Å². The zero-order valence-corrected chi connectivity index (χ0v) is 22.2. The first-order chi connectivity index (χ1) is 17.4. The number of rotatable bonds is 10. The van der Waals surface area contributed by atoms with Gasteiger partial charge in [0.2, 0.25) is 0 Å². The van der Waals surface area contributed by atoms with Crippen LogP contribution >= 0.6 is 11.6 Å². The molecule has 4 aromatic rings. The van der Waals surface area contributed by atoms with Gasteiger partial charge in [-0.3, -0.25) is 0 Å². The lowest BCUT2D eigenvalue weighted by atomic mass is 9.90. The van der Waals surface area contributed by atoms with E-state index in [1.807, 2.05) is 36.4 Å². The molecule has 0 saturated heterocycles. The number of aromatic nitrogens is 2. The topological polar surface area (TPSA) is 55.0 Å². The highest BCUT2D eigenvalue weighted by Gasteiger charge is 2.26. The Kier molecular flexibility index (Phi) is 8.52. The smallest absolute Gasteiger partial charge is 0.152 e. The van der Waals surface area contributed by atoms with Gasteiger partial charge in [0.15, 0.2) is 5.82 Å². The second-order valence-electron chi connectivity index (χ2n) is 9.46. The molecule has 0 fully saturated rings. The molecule has 4 rings (SSSR count). The highest BCUT2D eigenvalue weighted by molar-refractivity contribution is 6.31. The number of hydrogen-bond acceptors (Lipinski definition) is 4. The third-order valence-electron chi connectivity index (χ3n) is 6.72. The van der Waals surface area contributed by atoms with Crippen molar-refractivity contribution < 1.29 is 0 Å². The fourth-order valence-corrected chi connectivity index (χ4v) is 4.71. The standard InChI is InChI=1S/C31H35ClN4/c1-4-36(5-2)21-9-20-31(3,33)30-27-18-17-26(32)22-28(27)34-29(35-30)19-14-23-12-15-25(16-13-23)24-10-7-6-8-11-24/h6-8,10-19,22H,4-5,9,20-21,33H2,1-3H3. The Morgan fingerprint density at radius 1 is 0.889 bits per heavy atom. The molecule has 186 valence electrons. The number of nitrogens with zero attached hydrogens (tertiary/aromatic N) is 3. The summed E-state index contributed by atoms with van der Waals surface area (Å²) in [6, 6.07) is 24.6. The van der Waals surface area contributed by atoms with Crippen molar-refractivity contribution >= 4 is 34.7 Å². The summed E-state index contributed by atoms with van der Waals surface area (Å²) < 4.78 is 0. The summed E-state index contributed by atoms with van der Waals surface area (Å²) in [5.41, 5.74) is 11.5. The molecule has 4 nitrogen and oxygen atoms in total. The minimum atomic E-state index is -0.581. The van der Waals surface area contributed by atoms with Gasteiger partial charge >= 0.3 is 0 Å². The Hall–Kier alpha value is -3.05. The maximum Gasteiger partial charge on any atom is 0.152 e. The van der Waals surface area contributed by atoms with Crippen LogP contribution in [0.4, 0.5) is 0 Å². The van der Waals surface area contributed by atoms with Gasteiger partial charge in [0.05, 0.1) is 16.7 Å². The van der Waals surface area contributed by atoms with Crippen molar-refractivity contribution in [2.24, 2.45) is 5.73 Å². The number of nitrogens with two attached hydrogens (primary N) is 1. The zero-order chi connectivity index (χ0) is 25.5. The van der Waals surface area contributed by atoms with Crippen LogP contribution < -0.4 is 5.73 Å². The van der Waals surface area contributed by atoms with E-state index in [1.54, 1.807) is 0 Å². The van der Waals surface area contributed by atoms with E-state index in [-0.39, 0.29) is 0 Å². The lowest BCUT2D eigenvalue weighted by Crippen LogP contribution is -2.36. The Morgan fingerprint density at radius 2 is 1.58 bits per heavy atom. The fourth-order valence-electron chi connectivity index (χ4n) is 4.55. The highest BCUT2D eigenvalue weighted by atomic mass is 35.5. The largest absolute Gasteiger partial charge is 0.320 e. The van der Waals surface area contributed by atoms with Gasteiger partial charge in [0, 0.05) is 10.4 Å². The number of hydrogen-bond donors (Lipinski definition) is 1. The van der Waals surface area contributed by atoms with Crippen LogP contribution in [0.3, 0.4) is 0 Å². The first-order valence-electron chi connectivity index (χ1n) is 12.7. The minimum Gasteiger partial charge on any atom is -0.320 e. The van der Waals surface area contributed by atoms with Crippen molar-refractivity contribution in [2.75, 3.05) is 19.6 Å². The summed E-state index contributed by atoms with van der Waals surface area (Å²) in [5, 5.41) is 1.61. The average Bonchev–Trinajstić information content (AvgIpc) is 2.90. The summed E-state index contributed by atoms with van der Waals surface area (Å²) in [4.78, 5) is 12.1. The Bertz CT molecular complexity index is 1310. The summed E-state index contributed by atoms with van der Waals surface area (Å²) in [7, 11) is 0. The molecule has 0 amide bonds. The molecule has 0 aliphatic carbocycles. The molecular weight excluding hydrogens is 464 g/mol. The van der Waals surface area contributed by atoms with Crippen molar-refractivity contribution in [1.29, 1.82) is 0 Å². The molecule has 0 radical (unpaired) electrons. The van der Waals surface area contributed by atoms with E-state index in [2.05, 4.69) is 74.2 Å². The van der Waals surface area contributed by atoms with Crippen molar-refractivity contribution in [3.8, 4) is 11.1 Å². The van der Waals surface area contributed by atoms with Crippen LogP contribution in [0.1, 0.15) is 50.7 Å². The predicted octanol–water partition coefficient (Wildman–Crippen LogP) is 7.42. The van der Waals surface area contributed by atoms with E-state index >= 15 is 0 Å². The van der Waals surface area contributed by atoms with Crippen LogP contribution in [0.15, 0.2) is 72.8 Å². The Morgan fingerprint density at radius 3 is 2.28 bits per heavy atom. The van der Waals surface area contributed by atoms with Gasteiger partial charge in [-0.2, -0.15) is 0 Å². The van der Waals surface area contributed by atoms with Crippen LogP contribution in [-0.4, -0.2) is 34.5 Å². The van der Waals surface area contributed by atoms with E-state index < -0.39 is 5.54 Å². The zero-order valence-electron chi connectivity index (χ0n) is 21.4. The molecule has 1 aromatic heterocycles. The molecule has 0 aliphatic heterocycles. The minimum absolute atomic E-state index is 0.581. The third-order valence-corrected chi connectivity index (χ3v) is 6.96. The summed E-state index contributed by atoms with van der Waals surface area (Å²) in [6.45, 7) is 9.59. The molecule has 1 heterocycles. The fraction of sp³-hybridized carbons (Fsp3) is 0.290. The predicted molar refractivity (Wildman–Crippen MR) is 154 cm³/mol. The van der Waals surface area contributed by atoms with Crippen molar-refractivity contribution in [3.05, 3.63) is 94.9 Å². The van der Waals surface area contributed by atoms with Gasteiger partial charge < -0.3 is 10.6 Å². The van der Waals surface area contributed by atoms with Crippen LogP contribution in [-0.2, 0) is 5.54 Å². The molecule has 0 saturated carbocycles. The van der Waals surface area contributed by atoms with E-state index in [9.17, 15) is 0 Å². The molecule has 1 atom stereocenters. The summed E-state index contributed by atoms with van der Waals surface area (Å²) >= 11 is 6.31. The Balaban J connectivity index is 1.61. The number of fused-ring (bicyclic) bond motifs is 1. The van der Waals surface area contributed by atoms with Crippen LogP contribution in [0, 0.1) is 0 Å². The average molecular weight is 499 g/mol. The van der Waals surface area contributed by atoms with Gasteiger partial charge in [-0.15, -0.1) is 0 Å². The molecular formula is C31H35ClN4. The van der Waals surface area contributed by atoms with E-state index in [0.29, 0.717) is 10.8 Å². The molecule has 1 unspecified atom stereocenters. The monoisotopic (exact) mass is 498 g/mol. The van der Waals surface area contributed by atoms with Crippen molar-refractivity contribution in [3.63, 3.8) is 0 Å². The maximum atomic E-state index is 6.89. The highest BCUT2D eigenvalue weighted by Crippen LogP contribution is 2.30. The van der Waals surface area contributed by atoms with E-state index in [4.69, 9.17) is 27.3 Å². The molecule has 3 aromatic carbocycles. The molecule has 0 spiro atoms. The normalized spacial score (nSPS) is 13.5. The molecule has 0 aliphatic rings. The second kappa shape index (κ2) is 11.8. The van der Waals surface area contributed by atoms with Crippen LogP contribution in [0.5, 0.6) is 0 Å². The SMILES string of the molecule is CCN(CC)CCCC(C)(N)c1nc(C=Cc2ccc(-c3ccccc3)cc2)nc2cc(Cl)ccc12. The molecule has 5 heteroatoms. The summed E-state index contributed by atoms with van der Waals surface area (Å²) in [6.07, 6.45) is 5.83. The lowest BCUT2D eigenvalue weighted by Gasteiger charge is -2.27. The number of halogens is 1. The van der Waals surface area contributed by atoms with E-state index in [0.717, 1.165) is 54.6 Å². The number of benzene rings is 3. The van der Waals surface area contributed by atoms with Gasteiger partial charge in [0.1, 0.15) is 0 Å². The lowest BCUT2D eigenvalue weighted by molar-refractivity contribution is 0.280. The first-order valence-corrected chi connectivity index (χ1v) is 13.1. The van der Waals surface area contributed by atoms with Gasteiger partial charge in [-0.1, -0.05) is 86.1 Å². The molecule has 36 heavy (non-hydrogen) atoms. The van der Waals surface area contributed by atoms with Crippen LogP contribution in [0.25, 0.3) is 34.2 Å². The van der Waals surface area contributed by atoms with Crippen LogP contribution in [0.2, 0.25) is 5.02 Å². The quantitative estimate of drug-likeness (QED) is 0.247. The summed E-state index contributed by atoms with van der Waals surface area (Å²) in [5.74, 6) is 0.632. The Labute approximate surface area is 219 Å². The van der Waals surface area contributed by atoms with Crippen molar-refractivity contribution in [1.82, 2.24) is 14.9 Å². The third kappa shape index (κ3) is 6.38. The maximum absolute atomic E-state index is 6.89. The van der Waals surface area contributed by atoms with Crippen molar-refractivity contribution in [2.45, 2.75) is 39.2 Å². The second-order valence-corrected chi connectivity index (χ2v) is 9.90. The van der Waals surface area contributed by atoms with Gasteiger partial charge in [0.25, 0.3) is 0 Å². The van der Waals surface area contributed by atoms with Gasteiger partial charge in [-0.25, -0.2) is 9.97 Å². The molecule has 2 N–H and O–H groups in total. The molecule has 0 bridgehead atoms. The first kappa shape index (κ1) is 26.0.